The summed E-state index contributed by atoms with van der Waals surface area (Å²) >= 11 is 0. The number of carbonyl (C=O) groups excluding carboxylic acids is 1. The zero-order valence-corrected chi connectivity index (χ0v) is 11.8. The molecule has 1 aliphatic rings. The van der Waals surface area contributed by atoms with E-state index in [4.69, 9.17) is 4.74 Å². The maximum absolute atomic E-state index is 13.0. The van der Waals surface area contributed by atoms with Gasteiger partial charge in [0.15, 0.2) is 0 Å². The molecule has 1 fully saturated rings. The van der Waals surface area contributed by atoms with Gasteiger partial charge in [-0.3, -0.25) is 4.79 Å². The summed E-state index contributed by atoms with van der Waals surface area (Å²) in [6.45, 7) is 2.10. The van der Waals surface area contributed by atoms with Crippen molar-refractivity contribution in [1.82, 2.24) is 4.90 Å². The molecule has 1 unspecified atom stereocenters. The minimum atomic E-state index is -1.13. The summed E-state index contributed by atoms with van der Waals surface area (Å²) in [6, 6.07) is 5.67. The van der Waals surface area contributed by atoms with Gasteiger partial charge in [0, 0.05) is 12.6 Å². The molecule has 5 nitrogen and oxygen atoms in total. The molecule has 1 aromatic carbocycles. The van der Waals surface area contributed by atoms with Crippen molar-refractivity contribution in [2.24, 2.45) is 0 Å². The van der Waals surface area contributed by atoms with Crippen LogP contribution >= 0.6 is 0 Å². The van der Waals surface area contributed by atoms with Crippen LogP contribution < -0.4 is 4.74 Å². The largest absolute Gasteiger partial charge is 0.493 e. The molecule has 6 heteroatoms. The highest BCUT2D eigenvalue weighted by Gasteiger charge is 2.45. The van der Waals surface area contributed by atoms with Gasteiger partial charge in [-0.05, 0) is 31.9 Å². The number of rotatable bonds is 5. The van der Waals surface area contributed by atoms with Crippen LogP contribution in [0.2, 0.25) is 0 Å². The molecule has 1 heterocycles. The Morgan fingerprint density at radius 3 is 2.90 bits per heavy atom. The van der Waals surface area contributed by atoms with Crippen molar-refractivity contribution < 1.29 is 23.8 Å². The van der Waals surface area contributed by atoms with Gasteiger partial charge in [0.05, 0.1) is 13.0 Å². The van der Waals surface area contributed by atoms with Crippen LogP contribution in [0.15, 0.2) is 24.3 Å². The van der Waals surface area contributed by atoms with E-state index in [1.165, 1.54) is 23.1 Å². The molecule has 1 N–H and O–H groups in total. The Labute approximate surface area is 122 Å². The summed E-state index contributed by atoms with van der Waals surface area (Å²) in [5, 5.41) is 9.26. The van der Waals surface area contributed by atoms with Crippen LogP contribution in [-0.2, 0) is 9.59 Å². The highest BCUT2D eigenvalue weighted by atomic mass is 19.1. The smallest absolute Gasteiger partial charge is 0.329 e. The van der Waals surface area contributed by atoms with Gasteiger partial charge in [-0.1, -0.05) is 6.07 Å². The van der Waals surface area contributed by atoms with E-state index in [1.807, 2.05) is 0 Å². The SMILES string of the molecule is CC1(C(=O)O)CCCN1C(=O)CCOc1cccc(F)c1. The molecule has 2 rings (SSSR count). The second-order valence-electron chi connectivity index (χ2n) is 5.28. The van der Waals surface area contributed by atoms with Gasteiger partial charge in [-0.15, -0.1) is 0 Å². The van der Waals surface area contributed by atoms with Crippen molar-refractivity contribution in [2.75, 3.05) is 13.2 Å². The minimum Gasteiger partial charge on any atom is -0.493 e. The first kappa shape index (κ1) is 15.3. The van der Waals surface area contributed by atoms with Crippen molar-refractivity contribution in [3.8, 4) is 5.75 Å². The zero-order valence-electron chi connectivity index (χ0n) is 11.8. The number of carboxylic acid groups (broad SMARTS) is 1. The number of hydrogen-bond acceptors (Lipinski definition) is 3. The predicted octanol–water partition coefficient (Wildman–Crippen LogP) is 2.06. The number of ether oxygens (including phenoxy) is 1. The fourth-order valence-electron chi connectivity index (χ4n) is 2.53. The zero-order chi connectivity index (χ0) is 15.5. The molecular formula is C15H18FNO4. The molecule has 0 spiro atoms. The summed E-state index contributed by atoms with van der Waals surface area (Å²) in [5.41, 5.74) is -1.13. The lowest BCUT2D eigenvalue weighted by atomic mass is 9.99. The van der Waals surface area contributed by atoms with E-state index in [9.17, 15) is 19.1 Å². The molecule has 1 atom stereocenters. The van der Waals surface area contributed by atoms with Gasteiger partial charge in [0.2, 0.25) is 5.91 Å². The quantitative estimate of drug-likeness (QED) is 0.903. The Hall–Kier alpha value is -2.11. The van der Waals surface area contributed by atoms with E-state index in [0.29, 0.717) is 25.1 Å². The summed E-state index contributed by atoms with van der Waals surface area (Å²) < 4.78 is 18.3. The Morgan fingerprint density at radius 2 is 2.24 bits per heavy atom. The Balaban J connectivity index is 1.89. The number of carbonyl (C=O) groups is 2. The minimum absolute atomic E-state index is 0.0688. The van der Waals surface area contributed by atoms with Gasteiger partial charge in [0.25, 0.3) is 0 Å². The number of nitrogens with zero attached hydrogens (tertiary/aromatic N) is 1. The number of hydrogen-bond donors (Lipinski definition) is 1. The molecule has 1 amide bonds. The van der Waals surface area contributed by atoms with E-state index >= 15 is 0 Å². The lowest BCUT2D eigenvalue weighted by molar-refractivity contribution is -0.155. The predicted molar refractivity (Wildman–Crippen MR) is 73.5 cm³/mol. The van der Waals surface area contributed by atoms with E-state index in [0.717, 1.165) is 0 Å². The molecule has 0 aromatic heterocycles. The van der Waals surface area contributed by atoms with Gasteiger partial charge in [0.1, 0.15) is 17.1 Å². The van der Waals surface area contributed by atoms with Crippen LogP contribution in [0.4, 0.5) is 4.39 Å². The summed E-state index contributed by atoms with van der Waals surface area (Å²) in [6.07, 6.45) is 1.21. The molecule has 114 valence electrons. The van der Waals surface area contributed by atoms with Gasteiger partial charge in [-0.25, -0.2) is 9.18 Å². The average molecular weight is 295 g/mol. The summed E-state index contributed by atoms with van der Waals surface area (Å²) in [7, 11) is 0. The van der Waals surface area contributed by atoms with Crippen LogP contribution in [0.5, 0.6) is 5.75 Å². The summed E-state index contributed by atoms with van der Waals surface area (Å²) in [4.78, 5) is 24.8. The maximum atomic E-state index is 13.0. The second kappa shape index (κ2) is 6.11. The Kier molecular flexibility index (Phi) is 4.45. The first-order chi connectivity index (χ1) is 9.93. The Morgan fingerprint density at radius 1 is 1.48 bits per heavy atom. The number of likely N-dealkylation sites (tertiary alicyclic amines) is 1. The first-order valence-corrected chi connectivity index (χ1v) is 6.86. The van der Waals surface area contributed by atoms with E-state index < -0.39 is 17.3 Å². The van der Waals surface area contributed by atoms with E-state index in [1.54, 1.807) is 13.0 Å². The fraction of sp³-hybridized carbons (Fsp3) is 0.467. The highest BCUT2D eigenvalue weighted by molar-refractivity contribution is 5.87. The molecule has 1 saturated heterocycles. The van der Waals surface area contributed by atoms with Gasteiger partial charge >= 0.3 is 5.97 Å². The normalized spacial score (nSPS) is 21.3. The molecule has 21 heavy (non-hydrogen) atoms. The second-order valence-corrected chi connectivity index (χ2v) is 5.28. The van der Waals surface area contributed by atoms with Crippen molar-refractivity contribution >= 4 is 11.9 Å². The highest BCUT2D eigenvalue weighted by Crippen LogP contribution is 2.29. The topological polar surface area (TPSA) is 66.8 Å². The maximum Gasteiger partial charge on any atom is 0.329 e. The van der Waals surface area contributed by atoms with E-state index in [-0.39, 0.29) is 18.9 Å². The third-order valence-electron chi connectivity index (χ3n) is 3.78. The molecule has 1 aliphatic heterocycles. The van der Waals surface area contributed by atoms with Crippen molar-refractivity contribution in [1.29, 1.82) is 0 Å². The van der Waals surface area contributed by atoms with Crippen LogP contribution in [0.1, 0.15) is 26.2 Å². The molecule has 0 aliphatic carbocycles. The lowest BCUT2D eigenvalue weighted by Gasteiger charge is -2.31. The standard InChI is InChI=1S/C15H18FNO4/c1-15(14(19)20)7-3-8-17(15)13(18)6-9-21-12-5-2-4-11(16)10-12/h2,4-5,10H,3,6-9H2,1H3,(H,19,20). The molecule has 1 aromatic rings. The third kappa shape index (κ3) is 3.32. The van der Waals surface area contributed by atoms with Gasteiger partial charge in [-0.2, -0.15) is 0 Å². The van der Waals surface area contributed by atoms with Crippen LogP contribution in [0.25, 0.3) is 0 Å². The molecular weight excluding hydrogens is 277 g/mol. The number of amides is 1. The lowest BCUT2D eigenvalue weighted by Crippen LogP contribution is -2.51. The van der Waals surface area contributed by atoms with Crippen molar-refractivity contribution in [3.63, 3.8) is 0 Å². The van der Waals surface area contributed by atoms with Crippen LogP contribution in [-0.4, -0.2) is 40.6 Å². The average Bonchev–Trinajstić information content (AvgIpc) is 2.82. The molecule has 0 radical (unpaired) electrons. The molecule has 0 bridgehead atoms. The van der Waals surface area contributed by atoms with Crippen molar-refractivity contribution in [2.45, 2.75) is 31.7 Å². The third-order valence-corrected chi connectivity index (χ3v) is 3.78. The van der Waals surface area contributed by atoms with Crippen molar-refractivity contribution in [3.05, 3.63) is 30.1 Å². The number of halogens is 1. The summed E-state index contributed by atoms with van der Waals surface area (Å²) in [5.74, 6) is -1.30. The first-order valence-electron chi connectivity index (χ1n) is 6.86. The molecule has 0 saturated carbocycles. The van der Waals surface area contributed by atoms with Crippen LogP contribution in [0, 0.1) is 5.82 Å². The Bertz CT molecular complexity index is 548. The monoisotopic (exact) mass is 295 g/mol. The number of aliphatic carboxylic acids is 1. The number of carboxylic acids is 1. The fourth-order valence-corrected chi connectivity index (χ4v) is 2.53. The van der Waals surface area contributed by atoms with E-state index in [2.05, 4.69) is 0 Å². The van der Waals surface area contributed by atoms with Crippen LogP contribution in [0.3, 0.4) is 0 Å². The number of benzene rings is 1. The van der Waals surface area contributed by atoms with Gasteiger partial charge < -0.3 is 14.7 Å².